The molecule has 0 unspecified atom stereocenters. The number of ketones is 1. The molecule has 0 fully saturated rings. The van der Waals surface area contributed by atoms with Gasteiger partial charge in [0.2, 0.25) is 0 Å². The van der Waals surface area contributed by atoms with E-state index in [0.717, 1.165) is 17.4 Å². The second-order valence-electron chi connectivity index (χ2n) is 5.74. The number of aromatic nitrogens is 1. The lowest BCUT2D eigenvalue weighted by Crippen LogP contribution is -2.20. The maximum absolute atomic E-state index is 12.5. The van der Waals surface area contributed by atoms with Crippen molar-refractivity contribution in [1.29, 1.82) is 0 Å². The van der Waals surface area contributed by atoms with Crippen molar-refractivity contribution in [3.05, 3.63) is 35.0 Å². The van der Waals surface area contributed by atoms with Crippen molar-refractivity contribution in [2.75, 3.05) is 0 Å². The maximum Gasteiger partial charge on any atom is 0.171 e. The molecule has 1 aliphatic carbocycles. The molecule has 0 spiro atoms. The van der Waals surface area contributed by atoms with E-state index in [2.05, 4.69) is 36.7 Å². The van der Waals surface area contributed by atoms with Gasteiger partial charge in [0.05, 0.1) is 0 Å². The zero-order valence-electron chi connectivity index (χ0n) is 10.8. The Kier molecular flexibility index (Phi) is 1.87. The molecule has 0 aliphatic heterocycles. The quantitative estimate of drug-likeness (QED) is 0.677. The fraction of sp³-hybridized carbons (Fsp3) is 0.400. The molecule has 1 aliphatic rings. The number of aryl methyl sites for hydroxylation is 2. The molecule has 2 heteroatoms. The Morgan fingerprint density at radius 3 is 2.71 bits per heavy atom. The summed E-state index contributed by atoms with van der Waals surface area (Å²) in [4.78, 5) is 12.5. The molecule has 2 nitrogen and oxygen atoms in total. The Labute approximate surface area is 101 Å². The smallest absolute Gasteiger partial charge is 0.171 e. The fourth-order valence-corrected chi connectivity index (χ4v) is 3.00. The van der Waals surface area contributed by atoms with Crippen LogP contribution in [0.1, 0.15) is 35.5 Å². The normalized spacial score (nSPS) is 17.8. The van der Waals surface area contributed by atoms with Gasteiger partial charge in [-0.2, -0.15) is 0 Å². The molecule has 1 heterocycles. The SMILES string of the molecule is Cc1cccc2c1c1c(n2C)CC(C)(C)C1=O. The van der Waals surface area contributed by atoms with Gasteiger partial charge >= 0.3 is 0 Å². The molecule has 2 aromatic rings. The molecule has 0 atom stereocenters. The number of nitrogens with zero attached hydrogens (tertiary/aromatic N) is 1. The van der Waals surface area contributed by atoms with Gasteiger partial charge in [-0.15, -0.1) is 0 Å². The second kappa shape index (κ2) is 3.00. The van der Waals surface area contributed by atoms with Gasteiger partial charge in [-0.05, 0) is 18.6 Å². The monoisotopic (exact) mass is 227 g/mol. The molecule has 3 rings (SSSR count). The minimum atomic E-state index is -0.237. The summed E-state index contributed by atoms with van der Waals surface area (Å²) in [6, 6.07) is 6.24. The van der Waals surface area contributed by atoms with Crippen LogP contribution in [0, 0.1) is 12.3 Å². The largest absolute Gasteiger partial charge is 0.347 e. The Balaban J connectivity index is 2.46. The summed E-state index contributed by atoms with van der Waals surface area (Å²) in [7, 11) is 2.06. The van der Waals surface area contributed by atoms with Crippen molar-refractivity contribution in [1.82, 2.24) is 4.57 Å². The van der Waals surface area contributed by atoms with E-state index in [0.29, 0.717) is 5.78 Å². The van der Waals surface area contributed by atoms with Crippen LogP contribution in [0.15, 0.2) is 18.2 Å². The summed E-state index contributed by atoms with van der Waals surface area (Å²) in [5.41, 5.74) is 4.30. The lowest BCUT2D eigenvalue weighted by atomic mass is 9.88. The summed E-state index contributed by atoms with van der Waals surface area (Å²) in [6.45, 7) is 6.17. The summed E-state index contributed by atoms with van der Waals surface area (Å²) in [5, 5.41) is 1.15. The number of carbonyl (C=O) groups excluding carboxylic acids is 1. The first-order chi connectivity index (χ1) is 7.93. The average Bonchev–Trinajstić information content (AvgIpc) is 2.65. The second-order valence-corrected chi connectivity index (χ2v) is 5.74. The van der Waals surface area contributed by atoms with Gasteiger partial charge in [0.15, 0.2) is 5.78 Å². The molecule has 88 valence electrons. The van der Waals surface area contributed by atoms with E-state index >= 15 is 0 Å². The minimum absolute atomic E-state index is 0.237. The summed E-state index contributed by atoms with van der Waals surface area (Å²) in [6.07, 6.45) is 0.853. The summed E-state index contributed by atoms with van der Waals surface area (Å²) >= 11 is 0. The zero-order valence-corrected chi connectivity index (χ0v) is 10.8. The number of Topliss-reactive ketones (excluding diaryl/α,β-unsaturated/α-hetero) is 1. The van der Waals surface area contributed by atoms with Crippen LogP contribution in [0.2, 0.25) is 0 Å². The molecule has 0 amide bonds. The van der Waals surface area contributed by atoms with Crippen LogP contribution in [0.25, 0.3) is 10.9 Å². The molecule has 0 bridgehead atoms. The highest BCUT2D eigenvalue weighted by molar-refractivity contribution is 6.15. The van der Waals surface area contributed by atoms with Gasteiger partial charge in [-0.1, -0.05) is 26.0 Å². The van der Waals surface area contributed by atoms with E-state index < -0.39 is 0 Å². The Bertz CT molecular complexity index is 646. The van der Waals surface area contributed by atoms with E-state index in [4.69, 9.17) is 0 Å². The van der Waals surface area contributed by atoms with Crippen molar-refractivity contribution < 1.29 is 4.79 Å². The minimum Gasteiger partial charge on any atom is -0.347 e. The first-order valence-corrected chi connectivity index (χ1v) is 6.05. The third-order valence-electron chi connectivity index (χ3n) is 4.01. The van der Waals surface area contributed by atoms with Crippen molar-refractivity contribution in [2.24, 2.45) is 12.5 Å². The summed E-state index contributed by atoms with van der Waals surface area (Å²) < 4.78 is 2.18. The van der Waals surface area contributed by atoms with Crippen LogP contribution in [-0.2, 0) is 13.5 Å². The number of fused-ring (bicyclic) bond motifs is 3. The third kappa shape index (κ3) is 1.18. The molecule has 1 aromatic heterocycles. The average molecular weight is 227 g/mol. The van der Waals surface area contributed by atoms with Gasteiger partial charge < -0.3 is 4.57 Å². The van der Waals surface area contributed by atoms with E-state index in [-0.39, 0.29) is 5.41 Å². The lowest BCUT2D eigenvalue weighted by molar-refractivity contribution is 0.0864. The van der Waals surface area contributed by atoms with Crippen LogP contribution in [-0.4, -0.2) is 10.4 Å². The Hall–Kier alpha value is -1.57. The van der Waals surface area contributed by atoms with E-state index in [1.54, 1.807) is 0 Å². The van der Waals surface area contributed by atoms with Crippen molar-refractivity contribution >= 4 is 16.7 Å². The van der Waals surface area contributed by atoms with Crippen LogP contribution >= 0.6 is 0 Å². The highest BCUT2D eigenvalue weighted by atomic mass is 16.1. The Morgan fingerprint density at radius 2 is 2.00 bits per heavy atom. The number of hydrogen-bond donors (Lipinski definition) is 0. The van der Waals surface area contributed by atoms with Gasteiger partial charge in [0.25, 0.3) is 0 Å². The van der Waals surface area contributed by atoms with E-state index in [1.165, 1.54) is 16.8 Å². The van der Waals surface area contributed by atoms with Crippen molar-refractivity contribution in [2.45, 2.75) is 27.2 Å². The number of benzene rings is 1. The summed E-state index contributed by atoms with van der Waals surface area (Å²) in [5.74, 6) is 0.299. The maximum atomic E-state index is 12.5. The topological polar surface area (TPSA) is 22.0 Å². The highest BCUT2D eigenvalue weighted by Gasteiger charge is 2.41. The lowest BCUT2D eigenvalue weighted by Gasteiger charge is -2.15. The van der Waals surface area contributed by atoms with Gasteiger partial charge in [-0.3, -0.25) is 4.79 Å². The number of hydrogen-bond acceptors (Lipinski definition) is 1. The molecule has 0 N–H and O–H groups in total. The highest BCUT2D eigenvalue weighted by Crippen LogP contribution is 2.42. The Morgan fingerprint density at radius 1 is 1.29 bits per heavy atom. The van der Waals surface area contributed by atoms with Crippen LogP contribution < -0.4 is 0 Å². The third-order valence-corrected chi connectivity index (χ3v) is 4.01. The molecule has 0 radical (unpaired) electrons. The van der Waals surface area contributed by atoms with Crippen LogP contribution in [0.5, 0.6) is 0 Å². The molecule has 0 saturated carbocycles. The molecule has 1 aromatic carbocycles. The molecular weight excluding hydrogens is 210 g/mol. The standard InChI is InChI=1S/C15H17NO/c1-9-6-5-7-10-12(9)13-11(16(10)4)8-15(2,3)14(13)17/h5-7H,8H2,1-4H3. The molecular formula is C15H17NO. The number of carbonyl (C=O) groups is 1. The van der Waals surface area contributed by atoms with Crippen molar-refractivity contribution in [3.63, 3.8) is 0 Å². The van der Waals surface area contributed by atoms with Gasteiger partial charge in [0, 0.05) is 41.0 Å². The first-order valence-electron chi connectivity index (χ1n) is 6.05. The van der Waals surface area contributed by atoms with Gasteiger partial charge in [-0.25, -0.2) is 0 Å². The predicted octanol–water partition coefficient (Wildman–Crippen LogP) is 3.25. The van der Waals surface area contributed by atoms with Gasteiger partial charge in [0.1, 0.15) is 0 Å². The van der Waals surface area contributed by atoms with Crippen molar-refractivity contribution in [3.8, 4) is 0 Å². The van der Waals surface area contributed by atoms with Crippen LogP contribution in [0.3, 0.4) is 0 Å². The molecule has 0 saturated heterocycles. The van der Waals surface area contributed by atoms with E-state index in [1.807, 2.05) is 13.8 Å². The van der Waals surface area contributed by atoms with Crippen LogP contribution in [0.4, 0.5) is 0 Å². The number of rotatable bonds is 0. The predicted molar refractivity (Wildman–Crippen MR) is 69.5 cm³/mol. The first kappa shape index (κ1) is 10.6. The zero-order chi connectivity index (χ0) is 12.4. The van der Waals surface area contributed by atoms with E-state index in [9.17, 15) is 4.79 Å². The molecule has 17 heavy (non-hydrogen) atoms. The fourth-order valence-electron chi connectivity index (χ4n) is 3.00.